The van der Waals surface area contributed by atoms with Gasteiger partial charge in [-0.15, -0.1) is 10.2 Å². The number of fused-ring (bicyclic) bond motifs is 7. The first-order valence-corrected chi connectivity index (χ1v) is 21.0. The second kappa shape index (κ2) is 13.7. The first-order valence-electron chi connectivity index (χ1n) is 21.0. The maximum absolute atomic E-state index is 14.8. The average molecular weight is 747 g/mol. The Morgan fingerprint density at radius 1 is 0.836 bits per heavy atom. The van der Waals surface area contributed by atoms with Crippen LogP contribution in [0.1, 0.15) is 127 Å². The summed E-state index contributed by atoms with van der Waals surface area (Å²) in [5.41, 5.74) is 4.59. The van der Waals surface area contributed by atoms with E-state index in [0.29, 0.717) is 48.1 Å². The van der Waals surface area contributed by atoms with Gasteiger partial charge in [-0.3, -0.25) is 9.59 Å². The highest BCUT2D eigenvalue weighted by Crippen LogP contribution is 2.77. The molecule has 2 amide bonds. The highest BCUT2D eigenvalue weighted by molar-refractivity contribution is 5.94. The van der Waals surface area contributed by atoms with Crippen LogP contribution in [-0.2, 0) is 17.9 Å². The number of nitrogens with zero attached hydrogens (tertiary/aromatic N) is 3. The Morgan fingerprint density at radius 3 is 2.33 bits per heavy atom. The van der Waals surface area contributed by atoms with Crippen molar-refractivity contribution in [3.8, 4) is 11.4 Å². The van der Waals surface area contributed by atoms with E-state index >= 15 is 0 Å². The van der Waals surface area contributed by atoms with Crippen molar-refractivity contribution >= 4 is 11.8 Å². The number of tetrazole rings is 1. The fourth-order valence-corrected chi connectivity index (χ4v) is 14.1. The van der Waals surface area contributed by atoms with E-state index in [4.69, 9.17) is 0 Å². The number of nitrogens with one attached hydrogen (secondary N) is 3. The Bertz CT molecular complexity index is 1960. The van der Waals surface area contributed by atoms with Crippen LogP contribution in [0.3, 0.4) is 0 Å². The minimum Gasteiger partial charge on any atom is -0.393 e. The van der Waals surface area contributed by atoms with Crippen molar-refractivity contribution in [2.45, 2.75) is 125 Å². The summed E-state index contributed by atoms with van der Waals surface area (Å²) >= 11 is 0. The fourth-order valence-electron chi connectivity index (χ4n) is 14.1. The minimum absolute atomic E-state index is 0.0597. The van der Waals surface area contributed by atoms with Gasteiger partial charge in [0.1, 0.15) is 0 Å². The molecule has 3 aromatic rings. The Labute approximate surface area is 327 Å². The molecular formula is C46H62N6O3. The van der Waals surface area contributed by atoms with Crippen molar-refractivity contribution in [3.63, 3.8) is 0 Å². The van der Waals surface area contributed by atoms with Gasteiger partial charge in [0.05, 0.1) is 11.5 Å². The van der Waals surface area contributed by atoms with Gasteiger partial charge in [-0.05, 0) is 157 Å². The number of hydrogen-bond donors (Lipinski definition) is 4. The molecule has 5 saturated carbocycles. The maximum atomic E-state index is 14.8. The number of benzene rings is 2. The molecule has 4 N–H and O–H groups in total. The lowest BCUT2D eigenvalue weighted by atomic mass is 9.32. The van der Waals surface area contributed by atoms with E-state index in [2.05, 4.69) is 79.4 Å². The normalized spacial score (nSPS) is 37.4. The lowest BCUT2D eigenvalue weighted by Crippen LogP contribution is -2.67. The first-order chi connectivity index (χ1) is 26.1. The summed E-state index contributed by atoms with van der Waals surface area (Å²) in [6, 6.07) is 15.3. The van der Waals surface area contributed by atoms with E-state index in [9.17, 15) is 14.7 Å². The molecule has 0 saturated heterocycles. The van der Waals surface area contributed by atoms with E-state index in [-0.39, 0.29) is 45.5 Å². The Kier molecular flexibility index (Phi) is 9.45. The van der Waals surface area contributed by atoms with Crippen LogP contribution in [0.5, 0.6) is 0 Å². The molecule has 1 heterocycles. The number of aromatic nitrogens is 4. The number of amides is 2. The summed E-state index contributed by atoms with van der Waals surface area (Å²) in [7, 11) is 0. The lowest BCUT2D eigenvalue weighted by Gasteiger charge is -2.72. The van der Waals surface area contributed by atoms with Crippen molar-refractivity contribution in [1.29, 1.82) is 0 Å². The summed E-state index contributed by atoms with van der Waals surface area (Å²) in [5, 5.41) is 31.8. The van der Waals surface area contributed by atoms with Gasteiger partial charge in [-0.25, -0.2) is 0 Å². The van der Waals surface area contributed by atoms with Crippen molar-refractivity contribution in [2.24, 2.45) is 56.7 Å². The number of H-pyrrole nitrogens is 1. The molecule has 8 rings (SSSR count). The predicted molar refractivity (Wildman–Crippen MR) is 214 cm³/mol. The van der Waals surface area contributed by atoms with Crippen molar-refractivity contribution in [2.75, 3.05) is 0 Å². The smallest absolute Gasteiger partial charge is 0.251 e. The van der Waals surface area contributed by atoms with Crippen LogP contribution in [0, 0.1) is 56.7 Å². The highest BCUT2D eigenvalue weighted by Gasteiger charge is 2.71. The second-order valence-corrected chi connectivity index (χ2v) is 19.7. The zero-order valence-electron chi connectivity index (χ0n) is 33.9. The third-order valence-corrected chi connectivity index (χ3v) is 17.1. The third-order valence-electron chi connectivity index (χ3n) is 17.1. The van der Waals surface area contributed by atoms with Crippen LogP contribution in [-0.4, -0.2) is 43.6 Å². The predicted octanol–water partition coefficient (Wildman–Crippen LogP) is 8.43. The van der Waals surface area contributed by atoms with Crippen LogP contribution in [0.2, 0.25) is 0 Å². The van der Waals surface area contributed by atoms with Crippen LogP contribution < -0.4 is 10.6 Å². The second-order valence-electron chi connectivity index (χ2n) is 19.7. The number of carbonyl (C=O) groups excluding carboxylic acids is 2. The molecule has 0 spiro atoms. The van der Waals surface area contributed by atoms with Gasteiger partial charge in [0.2, 0.25) is 11.7 Å². The summed E-state index contributed by atoms with van der Waals surface area (Å²) in [6.45, 7) is 20.0. The van der Waals surface area contributed by atoms with Gasteiger partial charge in [-0.1, -0.05) is 77.1 Å². The van der Waals surface area contributed by atoms with Gasteiger partial charge in [-0.2, -0.15) is 5.21 Å². The molecule has 294 valence electrons. The number of hydrogen-bond acceptors (Lipinski definition) is 6. The standard InChI is InChI=1S/C46H62N6O3/c1-28(2)33-16-21-46(23-22-44(6)34(38(33)46)14-15-36-43(5)19-18-37(53)42(3,4)35(43)17-20-45(36,44)7)41(55)48-27-30-11-9-13-32(25-30)40(54)47-26-29-10-8-12-31(24-29)39-49-51-52-50-39/h8-13,24-25,33-38,53H,1,14-23,26-27H2,2-7H3,(H,47,54)(H,48,55)(H,49,50,51,52)/t33-,34?,35?,36?,37-,38?,43-,44+,45+,46-/m0/s1. The Balaban J connectivity index is 0.979. The van der Waals surface area contributed by atoms with E-state index in [0.717, 1.165) is 55.2 Å². The Hall–Kier alpha value is -3.85. The summed E-state index contributed by atoms with van der Waals surface area (Å²) in [5.74, 6) is 2.81. The van der Waals surface area contributed by atoms with Crippen LogP contribution in [0.4, 0.5) is 0 Å². The molecule has 2 aromatic carbocycles. The fraction of sp³-hybridized carbons (Fsp3) is 0.630. The molecule has 5 aliphatic rings. The zero-order valence-corrected chi connectivity index (χ0v) is 33.9. The molecule has 0 aliphatic heterocycles. The van der Waals surface area contributed by atoms with Gasteiger partial charge in [0.25, 0.3) is 5.91 Å². The average Bonchev–Trinajstić information content (AvgIpc) is 3.85. The molecule has 9 heteroatoms. The molecule has 9 nitrogen and oxygen atoms in total. The molecular weight excluding hydrogens is 685 g/mol. The number of carbonyl (C=O) groups is 2. The van der Waals surface area contributed by atoms with Gasteiger partial charge < -0.3 is 15.7 Å². The summed E-state index contributed by atoms with van der Waals surface area (Å²) < 4.78 is 0. The van der Waals surface area contributed by atoms with E-state index < -0.39 is 5.41 Å². The molecule has 10 atom stereocenters. The molecule has 0 radical (unpaired) electrons. The number of aliphatic hydroxyl groups is 1. The SMILES string of the molecule is C=C(C)[C@@H]1CC[C@]2(C(=O)NCc3cccc(C(=O)NCc4cccc(-c5nn[nH]n5)c4)c3)CC[C@]3(C)C(CCC4[C@@]5(C)CC[C@H](O)C(C)(C)C5CC[C@]43C)C12. The molecule has 4 unspecified atom stereocenters. The number of rotatable bonds is 8. The summed E-state index contributed by atoms with van der Waals surface area (Å²) in [4.78, 5) is 28.1. The van der Waals surface area contributed by atoms with Crippen LogP contribution in [0.15, 0.2) is 60.7 Å². The molecule has 0 bridgehead atoms. The van der Waals surface area contributed by atoms with Crippen molar-refractivity contribution in [1.82, 2.24) is 31.3 Å². The van der Waals surface area contributed by atoms with Crippen LogP contribution >= 0.6 is 0 Å². The summed E-state index contributed by atoms with van der Waals surface area (Å²) in [6.07, 6.45) is 10.5. The first kappa shape index (κ1) is 38.0. The highest BCUT2D eigenvalue weighted by atomic mass is 16.3. The number of allylic oxidation sites excluding steroid dienone is 1. The van der Waals surface area contributed by atoms with Gasteiger partial charge in [0, 0.05) is 24.2 Å². The Morgan fingerprint density at radius 2 is 1.58 bits per heavy atom. The number of aliphatic hydroxyl groups excluding tert-OH is 1. The molecule has 5 aliphatic carbocycles. The van der Waals surface area contributed by atoms with E-state index in [1.165, 1.54) is 31.3 Å². The minimum atomic E-state index is -0.403. The zero-order chi connectivity index (χ0) is 39.0. The molecule has 5 fully saturated rings. The topological polar surface area (TPSA) is 133 Å². The van der Waals surface area contributed by atoms with Crippen molar-refractivity contribution < 1.29 is 14.7 Å². The largest absolute Gasteiger partial charge is 0.393 e. The number of aromatic amines is 1. The molecule has 1 aromatic heterocycles. The van der Waals surface area contributed by atoms with Crippen LogP contribution in [0.25, 0.3) is 11.4 Å². The lowest BCUT2D eigenvalue weighted by molar-refractivity contribution is -0.246. The monoisotopic (exact) mass is 746 g/mol. The van der Waals surface area contributed by atoms with Gasteiger partial charge >= 0.3 is 0 Å². The quantitative estimate of drug-likeness (QED) is 0.171. The maximum Gasteiger partial charge on any atom is 0.251 e. The van der Waals surface area contributed by atoms with Crippen molar-refractivity contribution in [3.05, 3.63) is 77.4 Å². The molecule has 55 heavy (non-hydrogen) atoms. The van der Waals surface area contributed by atoms with E-state index in [1.54, 1.807) is 0 Å². The third kappa shape index (κ3) is 5.92. The van der Waals surface area contributed by atoms with Gasteiger partial charge in [0.15, 0.2) is 0 Å². The van der Waals surface area contributed by atoms with E-state index in [1.807, 2.05) is 48.5 Å².